The first-order chi connectivity index (χ1) is 10.1. The normalized spacial score (nSPS) is 21.8. The molecule has 1 heterocycles. The minimum absolute atomic E-state index is 0.131. The van der Waals surface area contributed by atoms with E-state index in [9.17, 15) is 13.6 Å². The molecule has 2 atom stereocenters. The van der Waals surface area contributed by atoms with Gasteiger partial charge in [0.25, 0.3) is 0 Å². The van der Waals surface area contributed by atoms with Gasteiger partial charge in [0.1, 0.15) is 0 Å². The van der Waals surface area contributed by atoms with Crippen molar-refractivity contribution in [2.24, 2.45) is 0 Å². The molecule has 0 saturated carbocycles. The number of carbonyl (C=O) groups is 1. The Morgan fingerprint density at radius 1 is 1.14 bits per heavy atom. The van der Waals surface area contributed by atoms with Crippen LogP contribution < -0.4 is 0 Å². The highest BCUT2D eigenvalue weighted by Crippen LogP contribution is 2.37. The van der Waals surface area contributed by atoms with Gasteiger partial charge in [-0.3, -0.25) is 9.78 Å². The number of Topliss-reactive ketones (excluding diaryl/α,β-unsaturated/α-hetero) is 1. The van der Waals surface area contributed by atoms with Gasteiger partial charge >= 0.3 is 0 Å². The van der Waals surface area contributed by atoms with Crippen molar-refractivity contribution in [3.05, 3.63) is 65.0 Å². The number of carbonyl (C=O) groups excluding carboxylic acids is 1. The van der Waals surface area contributed by atoms with Crippen LogP contribution in [0, 0.1) is 11.6 Å². The van der Waals surface area contributed by atoms with E-state index < -0.39 is 17.6 Å². The summed E-state index contributed by atoms with van der Waals surface area (Å²) in [6, 6.07) is 7.43. The number of hydrogen-bond donors (Lipinski definition) is 0. The van der Waals surface area contributed by atoms with Crippen molar-refractivity contribution in [3.8, 4) is 0 Å². The van der Waals surface area contributed by atoms with E-state index in [1.807, 2.05) is 6.92 Å². The van der Waals surface area contributed by atoms with Gasteiger partial charge in [-0.15, -0.1) is 0 Å². The van der Waals surface area contributed by atoms with Crippen molar-refractivity contribution >= 4 is 5.78 Å². The van der Waals surface area contributed by atoms with Crippen molar-refractivity contribution in [3.63, 3.8) is 0 Å². The summed E-state index contributed by atoms with van der Waals surface area (Å²) in [5.41, 5.74) is 1.42. The van der Waals surface area contributed by atoms with Gasteiger partial charge in [-0.25, -0.2) is 8.78 Å². The Morgan fingerprint density at radius 2 is 1.95 bits per heavy atom. The SMILES string of the molecule is C[C@@H]1CC[C@@H](c2cccc(F)c2F)C(=O)c2cccnc21. The summed E-state index contributed by atoms with van der Waals surface area (Å²) in [7, 11) is 0. The maximum atomic E-state index is 14.0. The van der Waals surface area contributed by atoms with Crippen LogP contribution in [0.15, 0.2) is 36.5 Å². The first-order valence-electron chi connectivity index (χ1n) is 7.02. The van der Waals surface area contributed by atoms with E-state index >= 15 is 0 Å². The molecule has 21 heavy (non-hydrogen) atoms. The Morgan fingerprint density at radius 3 is 2.76 bits per heavy atom. The van der Waals surface area contributed by atoms with Crippen LogP contribution in [0.3, 0.4) is 0 Å². The fourth-order valence-electron chi connectivity index (χ4n) is 2.98. The van der Waals surface area contributed by atoms with Crippen molar-refractivity contribution in [2.45, 2.75) is 31.6 Å². The van der Waals surface area contributed by atoms with Crippen molar-refractivity contribution in [1.82, 2.24) is 4.98 Å². The molecular weight excluding hydrogens is 272 g/mol. The fraction of sp³-hybridized carbons (Fsp3) is 0.294. The average Bonchev–Trinajstić information content (AvgIpc) is 2.62. The number of aromatic nitrogens is 1. The zero-order valence-corrected chi connectivity index (χ0v) is 11.6. The van der Waals surface area contributed by atoms with Crippen LogP contribution in [0.25, 0.3) is 0 Å². The first-order valence-corrected chi connectivity index (χ1v) is 7.02. The minimum atomic E-state index is -0.921. The third-order valence-electron chi connectivity index (χ3n) is 4.13. The van der Waals surface area contributed by atoms with E-state index in [2.05, 4.69) is 4.98 Å². The van der Waals surface area contributed by atoms with Crippen molar-refractivity contribution in [1.29, 1.82) is 0 Å². The summed E-state index contributed by atoms with van der Waals surface area (Å²) in [6.45, 7) is 2.00. The zero-order valence-electron chi connectivity index (χ0n) is 11.6. The Hall–Kier alpha value is -2.10. The summed E-state index contributed by atoms with van der Waals surface area (Å²) in [5.74, 6) is -2.52. The highest BCUT2D eigenvalue weighted by atomic mass is 19.2. The molecule has 0 aliphatic heterocycles. The quantitative estimate of drug-likeness (QED) is 0.735. The third kappa shape index (κ3) is 2.35. The summed E-state index contributed by atoms with van der Waals surface area (Å²) in [5, 5.41) is 0. The number of hydrogen-bond acceptors (Lipinski definition) is 2. The van der Waals surface area contributed by atoms with E-state index in [0.29, 0.717) is 12.0 Å². The number of rotatable bonds is 1. The smallest absolute Gasteiger partial charge is 0.172 e. The molecule has 1 aliphatic carbocycles. The predicted molar refractivity (Wildman–Crippen MR) is 75.3 cm³/mol. The average molecular weight is 287 g/mol. The third-order valence-corrected chi connectivity index (χ3v) is 4.13. The Bertz CT molecular complexity index is 699. The second kappa shape index (κ2) is 5.35. The predicted octanol–water partition coefficient (Wildman–Crippen LogP) is 4.22. The maximum Gasteiger partial charge on any atom is 0.172 e. The molecule has 1 aromatic carbocycles. The molecule has 0 saturated heterocycles. The number of pyridine rings is 1. The van der Waals surface area contributed by atoms with E-state index in [1.54, 1.807) is 18.3 Å². The van der Waals surface area contributed by atoms with Gasteiger partial charge in [-0.1, -0.05) is 19.1 Å². The van der Waals surface area contributed by atoms with Gasteiger partial charge in [0.05, 0.1) is 11.6 Å². The van der Waals surface area contributed by atoms with Crippen LogP contribution in [0.5, 0.6) is 0 Å². The number of benzene rings is 1. The Kier molecular flexibility index (Phi) is 3.53. The molecule has 1 aromatic heterocycles. The lowest BCUT2D eigenvalue weighted by molar-refractivity contribution is 0.0955. The van der Waals surface area contributed by atoms with Gasteiger partial charge in [0.2, 0.25) is 0 Å². The number of nitrogens with zero attached hydrogens (tertiary/aromatic N) is 1. The van der Waals surface area contributed by atoms with Crippen LogP contribution in [-0.4, -0.2) is 10.8 Å². The second-order valence-electron chi connectivity index (χ2n) is 5.47. The standard InChI is InChI=1S/C17H15F2NO/c1-10-7-8-12(11-4-2-6-14(18)15(11)19)17(21)13-5-3-9-20-16(10)13/h2-6,9-10,12H,7-8H2,1H3/t10-,12+/m1/s1. The van der Waals surface area contributed by atoms with Gasteiger partial charge in [0, 0.05) is 17.3 Å². The highest BCUT2D eigenvalue weighted by Gasteiger charge is 2.32. The van der Waals surface area contributed by atoms with E-state index in [1.165, 1.54) is 12.1 Å². The summed E-state index contributed by atoms with van der Waals surface area (Å²) >= 11 is 0. The topological polar surface area (TPSA) is 30.0 Å². The van der Waals surface area contributed by atoms with Gasteiger partial charge in [-0.05, 0) is 37.0 Å². The number of halogens is 2. The molecule has 4 heteroatoms. The Balaban J connectivity index is 2.10. The lowest BCUT2D eigenvalue weighted by atomic mass is 9.88. The van der Waals surface area contributed by atoms with Crippen LogP contribution in [0.2, 0.25) is 0 Å². The molecule has 0 bridgehead atoms. The summed E-state index contributed by atoms with van der Waals surface area (Å²) in [6.07, 6.45) is 2.87. The minimum Gasteiger partial charge on any atom is -0.293 e. The van der Waals surface area contributed by atoms with E-state index in [4.69, 9.17) is 0 Å². The molecule has 2 aromatic rings. The van der Waals surface area contributed by atoms with Crippen LogP contribution in [0.4, 0.5) is 8.78 Å². The maximum absolute atomic E-state index is 14.0. The molecule has 2 nitrogen and oxygen atoms in total. The fourth-order valence-corrected chi connectivity index (χ4v) is 2.98. The lowest BCUT2D eigenvalue weighted by Gasteiger charge is -2.15. The molecule has 0 radical (unpaired) electrons. The molecule has 108 valence electrons. The molecule has 1 aliphatic rings. The second-order valence-corrected chi connectivity index (χ2v) is 5.47. The van der Waals surface area contributed by atoms with Crippen molar-refractivity contribution < 1.29 is 13.6 Å². The van der Waals surface area contributed by atoms with Gasteiger partial charge in [0.15, 0.2) is 17.4 Å². The van der Waals surface area contributed by atoms with Gasteiger partial charge in [-0.2, -0.15) is 0 Å². The first kappa shape index (κ1) is 13.9. The molecular formula is C17H15F2NO. The molecule has 0 fully saturated rings. The largest absolute Gasteiger partial charge is 0.293 e. The van der Waals surface area contributed by atoms with E-state index in [-0.39, 0.29) is 17.3 Å². The Labute approximate surface area is 121 Å². The molecule has 0 N–H and O–H groups in total. The number of fused-ring (bicyclic) bond motifs is 1. The van der Waals surface area contributed by atoms with Crippen LogP contribution >= 0.6 is 0 Å². The molecule has 0 amide bonds. The zero-order chi connectivity index (χ0) is 15.0. The molecule has 0 spiro atoms. The van der Waals surface area contributed by atoms with E-state index in [0.717, 1.165) is 18.2 Å². The van der Waals surface area contributed by atoms with Crippen molar-refractivity contribution in [2.75, 3.05) is 0 Å². The molecule has 3 rings (SSSR count). The summed E-state index contributed by atoms with van der Waals surface area (Å²) in [4.78, 5) is 17.0. The molecule has 0 unspecified atom stereocenters. The lowest BCUT2D eigenvalue weighted by Crippen LogP contribution is -2.14. The van der Waals surface area contributed by atoms with Crippen LogP contribution in [0.1, 0.15) is 53.2 Å². The number of ketones is 1. The van der Waals surface area contributed by atoms with Crippen LogP contribution in [-0.2, 0) is 0 Å². The highest BCUT2D eigenvalue weighted by molar-refractivity contribution is 6.02. The monoisotopic (exact) mass is 287 g/mol. The summed E-state index contributed by atoms with van der Waals surface area (Å²) < 4.78 is 27.5. The van der Waals surface area contributed by atoms with Gasteiger partial charge < -0.3 is 0 Å².